The summed E-state index contributed by atoms with van der Waals surface area (Å²) in [5, 5.41) is 11.9. The fraction of sp³-hybridized carbons (Fsp3) is 0.500. The summed E-state index contributed by atoms with van der Waals surface area (Å²) in [6.07, 6.45) is 4.38. The lowest BCUT2D eigenvalue weighted by Crippen LogP contribution is -2.17. The molecule has 5 heteroatoms. The first-order chi connectivity index (χ1) is 8.95. The molecular formula is C14H21FN2O2. The Morgan fingerprint density at radius 3 is 2.74 bits per heavy atom. The highest BCUT2D eigenvalue weighted by molar-refractivity contribution is 5.90. The molecule has 0 fully saturated rings. The summed E-state index contributed by atoms with van der Waals surface area (Å²) < 4.78 is 13.6. The molecule has 1 aromatic rings. The number of aromatic carboxylic acids is 1. The number of unbranched alkanes of at least 4 members (excludes halogenated alkanes) is 2. The van der Waals surface area contributed by atoms with Gasteiger partial charge in [0, 0.05) is 6.04 Å². The van der Waals surface area contributed by atoms with E-state index in [1.54, 1.807) is 0 Å². The average molecular weight is 268 g/mol. The fourth-order valence-electron chi connectivity index (χ4n) is 1.92. The molecule has 0 heterocycles. The zero-order valence-electron chi connectivity index (χ0n) is 11.4. The predicted octanol–water partition coefficient (Wildman–Crippen LogP) is 3.49. The molecule has 1 unspecified atom stereocenters. The van der Waals surface area contributed by atoms with Crippen molar-refractivity contribution in [2.75, 3.05) is 11.1 Å². The van der Waals surface area contributed by atoms with Crippen LogP contribution in [0, 0.1) is 5.82 Å². The highest BCUT2D eigenvalue weighted by Crippen LogP contribution is 2.24. The molecule has 1 rings (SSSR count). The van der Waals surface area contributed by atoms with Gasteiger partial charge in [0.1, 0.15) is 5.82 Å². The molecule has 0 saturated carbocycles. The molecule has 4 N–H and O–H groups in total. The number of carboxylic acid groups (broad SMARTS) is 1. The minimum absolute atomic E-state index is 0.170. The van der Waals surface area contributed by atoms with Gasteiger partial charge in [-0.3, -0.25) is 0 Å². The maximum Gasteiger partial charge on any atom is 0.338 e. The number of nitrogen functional groups attached to an aromatic ring is 1. The highest BCUT2D eigenvalue weighted by Gasteiger charge is 2.14. The number of carbonyl (C=O) groups is 1. The number of rotatable bonds is 7. The third-order valence-corrected chi connectivity index (χ3v) is 3.01. The molecule has 4 nitrogen and oxygen atoms in total. The molecule has 0 bridgehead atoms. The van der Waals surface area contributed by atoms with E-state index in [0.717, 1.165) is 37.8 Å². The zero-order chi connectivity index (χ0) is 14.4. The Labute approximate surface area is 112 Å². The zero-order valence-corrected chi connectivity index (χ0v) is 11.4. The van der Waals surface area contributed by atoms with Gasteiger partial charge in [0.05, 0.1) is 16.9 Å². The van der Waals surface area contributed by atoms with E-state index in [1.165, 1.54) is 0 Å². The van der Waals surface area contributed by atoms with Gasteiger partial charge in [-0.2, -0.15) is 0 Å². The summed E-state index contributed by atoms with van der Waals surface area (Å²) >= 11 is 0. The molecule has 0 radical (unpaired) electrons. The van der Waals surface area contributed by atoms with Gasteiger partial charge in [-0.25, -0.2) is 9.18 Å². The van der Waals surface area contributed by atoms with Crippen LogP contribution in [0.4, 0.5) is 15.8 Å². The molecule has 0 amide bonds. The van der Waals surface area contributed by atoms with Gasteiger partial charge in [0.15, 0.2) is 0 Å². The van der Waals surface area contributed by atoms with Crippen molar-refractivity contribution < 1.29 is 14.3 Å². The van der Waals surface area contributed by atoms with Crippen molar-refractivity contribution in [3.05, 3.63) is 23.5 Å². The van der Waals surface area contributed by atoms with E-state index in [4.69, 9.17) is 10.8 Å². The van der Waals surface area contributed by atoms with Crippen molar-refractivity contribution >= 4 is 17.3 Å². The number of benzene rings is 1. The Bertz CT molecular complexity index is 449. The molecular weight excluding hydrogens is 247 g/mol. The Morgan fingerprint density at radius 2 is 2.16 bits per heavy atom. The Morgan fingerprint density at radius 1 is 1.47 bits per heavy atom. The summed E-state index contributed by atoms with van der Waals surface area (Å²) in [6, 6.07) is 2.47. The maximum absolute atomic E-state index is 13.6. The molecule has 0 aliphatic heterocycles. The van der Waals surface area contributed by atoms with E-state index in [2.05, 4.69) is 12.2 Å². The summed E-state index contributed by atoms with van der Waals surface area (Å²) in [6.45, 7) is 4.13. The Kier molecular flexibility index (Phi) is 5.60. The molecule has 0 spiro atoms. The number of halogens is 1. The summed E-state index contributed by atoms with van der Waals surface area (Å²) in [5.41, 5.74) is 6.04. The third-order valence-electron chi connectivity index (χ3n) is 3.01. The lowest BCUT2D eigenvalue weighted by Gasteiger charge is -2.17. The van der Waals surface area contributed by atoms with Crippen molar-refractivity contribution in [3.8, 4) is 0 Å². The van der Waals surface area contributed by atoms with Crippen molar-refractivity contribution in [3.63, 3.8) is 0 Å². The average Bonchev–Trinajstić information content (AvgIpc) is 2.33. The van der Waals surface area contributed by atoms with Crippen LogP contribution < -0.4 is 11.1 Å². The van der Waals surface area contributed by atoms with Crippen molar-refractivity contribution in [2.45, 2.75) is 45.6 Å². The van der Waals surface area contributed by atoms with E-state index < -0.39 is 17.3 Å². The van der Waals surface area contributed by atoms with Crippen LogP contribution in [0.3, 0.4) is 0 Å². The molecule has 1 aromatic carbocycles. The minimum Gasteiger partial charge on any atom is -0.478 e. The number of nitrogens with two attached hydrogens (primary N) is 1. The van der Waals surface area contributed by atoms with Crippen LogP contribution in [0.1, 0.15) is 49.9 Å². The van der Waals surface area contributed by atoms with Gasteiger partial charge in [0.25, 0.3) is 0 Å². The minimum atomic E-state index is -1.31. The number of hydrogen-bond donors (Lipinski definition) is 3. The maximum atomic E-state index is 13.6. The number of anilines is 2. The van der Waals surface area contributed by atoms with Gasteiger partial charge in [0.2, 0.25) is 0 Å². The molecule has 0 saturated heterocycles. The fourth-order valence-corrected chi connectivity index (χ4v) is 1.92. The SMILES string of the molecule is CCCCCC(C)Nc1cc(F)c(C(=O)O)cc1N. The lowest BCUT2D eigenvalue weighted by molar-refractivity contribution is 0.0692. The van der Waals surface area contributed by atoms with Crippen LogP contribution in [-0.4, -0.2) is 17.1 Å². The molecule has 19 heavy (non-hydrogen) atoms. The smallest absolute Gasteiger partial charge is 0.338 e. The van der Waals surface area contributed by atoms with Crippen molar-refractivity contribution in [1.29, 1.82) is 0 Å². The van der Waals surface area contributed by atoms with Crippen LogP contribution in [0.2, 0.25) is 0 Å². The molecule has 0 aromatic heterocycles. The number of hydrogen-bond acceptors (Lipinski definition) is 3. The molecule has 0 aliphatic rings. The standard InChI is InChI=1S/C14H21FN2O2/c1-3-4-5-6-9(2)17-13-8-11(15)10(14(18)19)7-12(13)16/h7-9,17H,3-6,16H2,1-2H3,(H,18,19). The second-order valence-corrected chi connectivity index (χ2v) is 4.77. The largest absolute Gasteiger partial charge is 0.478 e. The van der Waals surface area contributed by atoms with Crippen LogP contribution in [-0.2, 0) is 0 Å². The molecule has 0 aliphatic carbocycles. The lowest BCUT2D eigenvalue weighted by atomic mass is 10.1. The van der Waals surface area contributed by atoms with Crippen LogP contribution in [0.5, 0.6) is 0 Å². The monoisotopic (exact) mass is 268 g/mol. The first-order valence-corrected chi connectivity index (χ1v) is 6.54. The molecule has 106 valence electrons. The third kappa shape index (κ3) is 4.43. The Balaban J connectivity index is 2.74. The normalized spacial score (nSPS) is 12.2. The van der Waals surface area contributed by atoms with Gasteiger partial charge >= 0.3 is 5.97 Å². The van der Waals surface area contributed by atoms with E-state index >= 15 is 0 Å². The first kappa shape index (κ1) is 15.3. The van der Waals surface area contributed by atoms with Crippen molar-refractivity contribution in [2.24, 2.45) is 0 Å². The van der Waals surface area contributed by atoms with Gasteiger partial charge in [-0.1, -0.05) is 26.2 Å². The van der Waals surface area contributed by atoms with Gasteiger partial charge in [-0.05, 0) is 25.5 Å². The summed E-state index contributed by atoms with van der Waals surface area (Å²) in [4.78, 5) is 10.8. The molecule has 1 atom stereocenters. The quantitative estimate of drug-likeness (QED) is 0.522. The van der Waals surface area contributed by atoms with E-state index in [1.807, 2.05) is 6.92 Å². The topological polar surface area (TPSA) is 75.3 Å². The second kappa shape index (κ2) is 6.97. The van der Waals surface area contributed by atoms with Crippen LogP contribution >= 0.6 is 0 Å². The predicted molar refractivity (Wildman–Crippen MR) is 75.0 cm³/mol. The van der Waals surface area contributed by atoms with E-state index in [-0.39, 0.29) is 11.7 Å². The Hall–Kier alpha value is -1.78. The number of carboxylic acids is 1. The summed E-state index contributed by atoms with van der Waals surface area (Å²) in [7, 11) is 0. The van der Waals surface area contributed by atoms with E-state index in [9.17, 15) is 9.18 Å². The van der Waals surface area contributed by atoms with Crippen molar-refractivity contribution in [1.82, 2.24) is 0 Å². The van der Waals surface area contributed by atoms with Crippen LogP contribution in [0.15, 0.2) is 12.1 Å². The van der Waals surface area contributed by atoms with Gasteiger partial charge < -0.3 is 16.2 Å². The first-order valence-electron chi connectivity index (χ1n) is 6.54. The highest BCUT2D eigenvalue weighted by atomic mass is 19.1. The number of nitrogens with one attached hydrogen (secondary N) is 1. The second-order valence-electron chi connectivity index (χ2n) is 4.77. The van der Waals surface area contributed by atoms with Crippen LogP contribution in [0.25, 0.3) is 0 Å². The van der Waals surface area contributed by atoms with Gasteiger partial charge in [-0.15, -0.1) is 0 Å². The van der Waals surface area contributed by atoms with E-state index in [0.29, 0.717) is 5.69 Å². The summed E-state index contributed by atoms with van der Waals surface area (Å²) in [5.74, 6) is -2.09.